The van der Waals surface area contributed by atoms with Crippen molar-refractivity contribution in [3.8, 4) is 0 Å². The molecule has 94 valence electrons. The van der Waals surface area contributed by atoms with Crippen molar-refractivity contribution in [3.63, 3.8) is 0 Å². The largest absolute Gasteiger partial charge is 0.330 e. The highest BCUT2D eigenvalue weighted by Crippen LogP contribution is 2.42. The molecular formula is C13H16BrF2N. The number of halogens is 3. The number of hydrogen-bond acceptors (Lipinski definition) is 1. The number of rotatable bonds is 3. The number of benzene rings is 1. The summed E-state index contributed by atoms with van der Waals surface area (Å²) in [6, 6.07) is 5.14. The number of hydrogen-bond donors (Lipinski definition) is 1. The van der Waals surface area contributed by atoms with Crippen molar-refractivity contribution in [2.45, 2.75) is 37.5 Å². The minimum atomic E-state index is -2.43. The van der Waals surface area contributed by atoms with E-state index >= 15 is 0 Å². The summed E-state index contributed by atoms with van der Waals surface area (Å²) in [4.78, 5) is 0. The normalized spacial score (nSPS) is 18.9. The van der Waals surface area contributed by atoms with Gasteiger partial charge >= 0.3 is 0 Å². The molecule has 2 N–H and O–H groups in total. The Morgan fingerprint density at radius 1 is 1.29 bits per heavy atom. The first-order valence-electron chi connectivity index (χ1n) is 5.87. The van der Waals surface area contributed by atoms with Gasteiger partial charge in [-0.15, -0.1) is 0 Å². The van der Waals surface area contributed by atoms with Crippen molar-refractivity contribution in [1.82, 2.24) is 0 Å². The Morgan fingerprint density at radius 3 is 2.41 bits per heavy atom. The van der Waals surface area contributed by atoms with Gasteiger partial charge in [-0.3, -0.25) is 0 Å². The molecule has 1 saturated carbocycles. The van der Waals surface area contributed by atoms with Gasteiger partial charge in [0.1, 0.15) is 0 Å². The molecule has 0 aromatic heterocycles. The van der Waals surface area contributed by atoms with Crippen molar-refractivity contribution < 1.29 is 8.78 Å². The Morgan fingerprint density at radius 2 is 1.94 bits per heavy atom. The molecule has 0 atom stereocenters. The van der Waals surface area contributed by atoms with Crippen LogP contribution in [0.1, 0.15) is 43.2 Å². The fourth-order valence-electron chi connectivity index (χ4n) is 2.70. The van der Waals surface area contributed by atoms with Gasteiger partial charge in [0.05, 0.1) is 0 Å². The molecule has 0 saturated heterocycles. The predicted octanol–water partition coefficient (Wildman–Crippen LogP) is 4.16. The molecule has 2 rings (SSSR count). The maximum Gasteiger partial charge on any atom is 0.264 e. The van der Waals surface area contributed by atoms with Gasteiger partial charge < -0.3 is 5.73 Å². The van der Waals surface area contributed by atoms with Crippen molar-refractivity contribution in [2.24, 2.45) is 5.73 Å². The molecule has 0 radical (unpaired) electrons. The second-order valence-electron chi connectivity index (χ2n) is 4.73. The zero-order valence-electron chi connectivity index (χ0n) is 9.56. The Balaban J connectivity index is 2.36. The van der Waals surface area contributed by atoms with Crippen LogP contribution in [0, 0.1) is 0 Å². The summed E-state index contributed by atoms with van der Waals surface area (Å²) in [6.07, 6.45) is 2.03. The molecule has 0 unspecified atom stereocenters. The summed E-state index contributed by atoms with van der Waals surface area (Å²) in [6.45, 7) is 0.591. The lowest BCUT2D eigenvalue weighted by Crippen LogP contribution is -2.32. The van der Waals surface area contributed by atoms with Gasteiger partial charge in [0.15, 0.2) is 0 Å². The van der Waals surface area contributed by atoms with Crippen LogP contribution in [0.4, 0.5) is 8.78 Å². The smallest absolute Gasteiger partial charge is 0.264 e. The molecule has 4 heteroatoms. The van der Waals surface area contributed by atoms with E-state index in [2.05, 4.69) is 15.9 Å². The molecule has 0 heterocycles. The van der Waals surface area contributed by atoms with E-state index in [0.29, 0.717) is 11.0 Å². The Bertz CT molecular complexity index is 400. The van der Waals surface area contributed by atoms with E-state index < -0.39 is 6.43 Å². The van der Waals surface area contributed by atoms with Gasteiger partial charge in [0.2, 0.25) is 0 Å². The lowest BCUT2D eigenvalue weighted by molar-refractivity contribution is 0.150. The highest BCUT2D eigenvalue weighted by molar-refractivity contribution is 9.10. The number of alkyl halides is 2. The molecule has 0 aliphatic heterocycles. The molecule has 1 fully saturated rings. The highest BCUT2D eigenvalue weighted by atomic mass is 79.9. The van der Waals surface area contributed by atoms with E-state index in [0.717, 1.165) is 18.4 Å². The van der Waals surface area contributed by atoms with E-state index in [1.54, 1.807) is 0 Å². The van der Waals surface area contributed by atoms with Crippen LogP contribution in [-0.2, 0) is 5.41 Å². The standard InChI is InChI=1S/C13H16BrF2N/c14-11-7-9(3-4-10(11)12(15)16)13(8-17)5-1-2-6-13/h3-4,7,12H,1-2,5-6,8,17H2. The van der Waals surface area contributed by atoms with E-state index in [1.165, 1.54) is 18.9 Å². The van der Waals surface area contributed by atoms with Gasteiger partial charge in [0, 0.05) is 22.0 Å². The molecule has 1 nitrogen and oxygen atoms in total. The molecule has 0 spiro atoms. The predicted molar refractivity (Wildman–Crippen MR) is 68.3 cm³/mol. The Labute approximate surface area is 109 Å². The van der Waals surface area contributed by atoms with Crippen LogP contribution in [0.25, 0.3) is 0 Å². The first kappa shape index (κ1) is 13.0. The first-order valence-corrected chi connectivity index (χ1v) is 6.66. The van der Waals surface area contributed by atoms with E-state index in [1.807, 2.05) is 12.1 Å². The molecule has 1 aromatic carbocycles. The summed E-state index contributed by atoms with van der Waals surface area (Å²) >= 11 is 3.23. The van der Waals surface area contributed by atoms with Crippen molar-refractivity contribution in [2.75, 3.05) is 6.54 Å². The third-order valence-corrected chi connectivity index (χ3v) is 4.49. The average molecular weight is 304 g/mol. The lowest BCUT2D eigenvalue weighted by atomic mass is 9.79. The molecule has 1 aromatic rings. The number of nitrogens with two attached hydrogens (primary N) is 1. The van der Waals surface area contributed by atoms with Crippen LogP contribution in [0.3, 0.4) is 0 Å². The second kappa shape index (κ2) is 5.02. The summed E-state index contributed by atoms with van der Waals surface area (Å²) in [5, 5.41) is 0. The minimum absolute atomic E-state index is 0.00315. The first-order chi connectivity index (χ1) is 8.09. The van der Waals surface area contributed by atoms with Crippen molar-refractivity contribution >= 4 is 15.9 Å². The quantitative estimate of drug-likeness (QED) is 0.891. The maximum absolute atomic E-state index is 12.7. The fraction of sp³-hybridized carbons (Fsp3) is 0.538. The topological polar surface area (TPSA) is 26.0 Å². The van der Waals surface area contributed by atoms with Crippen LogP contribution >= 0.6 is 15.9 Å². The summed E-state index contributed by atoms with van der Waals surface area (Å²) < 4.78 is 25.8. The summed E-state index contributed by atoms with van der Waals surface area (Å²) in [5.74, 6) is 0. The molecule has 1 aliphatic rings. The van der Waals surface area contributed by atoms with Crippen LogP contribution in [-0.4, -0.2) is 6.54 Å². The molecule has 1 aliphatic carbocycles. The van der Waals surface area contributed by atoms with Crippen LogP contribution in [0.5, 0.6) is 0 Å². The van der Waals surface area contributed by atoms with Crippen LogP contribution < -0.4 is 5.73 Å². The van der Waals surface area contributed by atoms with E-state index in [9.17, 15) is 8.78 Å². The van der Waals surface area contributed by atoms with Gasteiger partial charge in [-0.25, -0.2) is 8.78 Å². The molecular weight excluding hydrogens is 288 g/mol. The lowest BCUT2D eigenvalue weighted by Gasteiger charge is -2.28. The average Bonchev–Trinajstić information content (AvgIpc) is 2.78. The van der Waals surface area contributed by atoms with Crippen LogP contribution in [0.2, 0.25) is 0 Å². The minimum Gasteiger partial charge on any atom is -0.330 e. The van der Waals surface area contributed by atoms with E-state index in [-0.39, 0.29) is 11.0 Å². The fourth-order valence-corrected chi connectivity index (χ4v) is 3.25. The maximum atomic E-state index is 12.7. The van der Waals surface area contributed by atoms with Gasteiger partial charge in [0.25, 0.3) is 6.43 Å². The van der Waals surface area contributed by atoms with Gasteiger partial charge in [-0.05, 0) is 24.5 Å². The van der Waals surface area contributed by atoms with E-state index in [4.69, 9.17) is 5.73 Å². The monoisotopic (exact) mass is 303 g/mol. The third kappa shape index (κ3) is 2.38. The second-order valence-corrected chi connectivity index (χ2v) is 5.58. The zero-order valence-corrected chi connectivity index (χ0v) is 11.1. The molecule has 0 amide bonds. The molecule has 0 bridgehead atoms. The highest BCUT2D eigenvalue weighted by Gasteiger charge is 2.34. The third-order valence-electron chi connectivity index (χ3n) is 3.80. The zero-order chi connectivity index (χ0) is 12.5. The van der Waals surface area contributed by atoms with Gasteiger partial charge in [-0.2, -0.15) is 0 Å². The van der Waals surface area contributed by atoms with Crippen molar-refractivity contribution in [3.05, 3.63) is 33.8 Å². The Kier molecular flexibility index (Phi) is 3.83. The summed E-state index contributed by atoms with van der Waals surface area (Å²) in [5.41, 5.74) is 7.03. The van der Waals surface area contributed by atoms with Crippen molar-refractivity contribution in [1.29, 1.82) is 0 Å². The van der Waals surface area contributed by atoms with Gasteiger partial charge in [-0.1, -0.05) is 40.9 Å². The summed E-state index contributed by atoms with van der Waals surface area (Å²) in [7, 11) is 0. The van der Waals surface area contributed by atoms with Crippen LogP contribution in [0.15, 0.2) is 22.7 Å². The molecule has 17 heavy (non-hydrogen) atoms. The Hall–Kier alpha value is -0.480. The SMILES string of the molecule is NCC1(c2ccc(C(F)F)c(Br)c2)CCCC1.